The molecule has 0 aromatic heterocycles. The fourth-order valence-electron chi connectivity index (χ4n) is 5.55. The summed E-state index contributed by atoms with van der Waals surface area (Å²) in [6, 6.07) is 15.2. The number of piperidine rings is 1. The molecule has 1 saturated carbocycles. The molecule has 0 bridgehead atoms. The zero-order valence-corrected chi connectivity index (χ0v) is 18.7. The zero-order valence-electron chi connectivity index (χ0n) is 18.7. The molecule has 1 aliphatic carbocycles. The van der Waals surface area contributed by atoms with Gasteiger partial charge in [-0.1, -0.05) is 24.6 Å². The predicted octanol–water partition coefficient (Wildman–Crippen LogP) is 4.84. The molecule has 4 aliphatic rings. The largest absolute Gasteiger partial charge is 0.462 e. The third-order valence-corrected chi connectivity index (χ3v) is 7.86. The number of amides is 1. The van der Waals surface area contributed by atoms with E-state index in [2.05, 4.69) is 23.1 Å². The van der Waals surface area contributed by atoms with Crippen molar-refractivity contribution in [1.29, 1.82) is 0 Å². The molecule has 3 heterocycles. The molecule has 0 N–H and O–H groups in total. The molecule has 6 rings (SSSR count). The molecular weight excluding hydrogens is 400 g/mol. The summed E-state index contributed by atoms with van der Waals surface area (Å²) >= 11 is 0. The fraction of sp³-hybridized carbons (Fsp3) is 0.519. The van der Waals surface area contributed by atoms with Crippen LogP contribution in [0.2, 0.25) is 0 Å². The fourth-order valence-corrected chi connectivity index (χ4v) is 5.55. The van der Waals surface area contributed by atoms with Crippen molar-refractivity contribution in [2.24, 2.45) is 0 Å². The van der Waals surface area contributed by atoms with Gasteiger partial charge in [0.15, 0.2) is 0 Å². The number of hydrogen-bond acceptors (Lipinski definition) is 4. The topological polar surface area (TPSA) is 42.0 Å². The highest BCUT2D eigenvalue weighted by atomic mass is 16.7. The number of likely N-dealkylation sites (tertiary alicyclic amines) is 2. The van der Waals surface area contributed by atoms with Gasteiger partial charge in [-0.05, 0) is 61.1 Å². The zero-order chi connectivity index (χ0) is 21.5. The van der Waals surface area contributed by atoms with Crippen molar-refractivity contribution in [3.05, 3.63) is 53.6 Å². The first-order valence-electron chi connectivity index (χ1n) is 12.3. The van der Waals surface area contributed by atoms with Crippen LogP contribution in [0.5, 0.6) is 5.75 Å². The van der Waals surface area contributed by atoms with Crippen LogP contribution >= 0.6 is 0 Å². The molecule has 168 valence electrons. The van der Waals surface area contributed by atoms with Crippen molar-refractivity contribution in [3.63, 3.8) is 0 Å². The lowest BCUT2D eigenvalue weighted by Gasteiger charge is -2.47. The van der Waals surface area contributed by atoms with Crippen molar-refractivity contribution in [3.8, 4) is 16.9 Å². The lowest BCUT2D eigenvalue weighted by molar-refractivity contribution is -0.231. The Kier molecular flexibility index (Phi) is 5.19. The summed E-state index contributed by atoms with van der Waals surface area (Å²) in [5, 5.41) is 0. The number of nitrogens with zero attached hydrogens (tertiary/aromatic N) is 2. The van der Waals surface area contributed by atoms with Crippen LogP contribution in [0, 0.1) is 0 Å². The first kappa shape index (κ1) is 20.3. The summed E-state index contributed by atoms with van der Waals surface area (Å²) in [5.41, 5.74) is 4.12. The van der Waals surface area contributed by atoms with E-state index in [0.717, 1.165) is 85.9 Å². The molecule has 1 spiro atoms. The van der Waals surface area contributed by atoms with E-state index in [4.69, 9.17) is 9.47 Å². The second-order valence-corrected chi connectivity index (χ2v) is 9.82. The van der Waals surface area contributed by atoms with Crippen LogP contribution in [-0.4, -0.2) is 53.7 Å². The van der Waals surface area contributed by atoms with Gasteiger partial charge in [-0.2, -0.15) is 0 Å². The van der Waals surface area contributed by atoms with Gasteiger partial charge in [-0.25, -0.2) is 0 Å². The van der Waals surface area contributed by atoms with Gasteiger partial charge in [0.25, 0.3) is 5.91 Å². The molecule has 32 heavy (non-hydrogen) atoms. The van der Waals surface area contributed by atoms with E-state index in [9.17, 15) is 4.79 Å². The molecule has 2 saturated heterocycles. The molecule has 3 aliphatic heterocycles. The highest BCUT2D eigenvalue weighted by molar-refractivity contribution is 5.94. The van der Waals surface area contributed by atoms with E-state index in [1.54, 1.807) is 0 Å². The SMILES string of the molecule is O=C(c1ccc(-c2ccc3c(c2)COC2(CCN(C4CCC4)CC2)O3)cc1)N1CCCC1. The van der Waals surface area contributed by atoms with Crippen molar-refractivity contribution >= 4 is 5.91 Å². The third kappa shape index (κ3) is 3.71. The molecule has 5 nitrogen and oxygen atoms in total. The summed E-state index contributed by atoms with van der Waals surface area (Å²) < 4.78 is 12.8. The molecule has 2 aromatic carbocycles. The number of carbonyl (C=O) groups excluding carboxylic acids is 1. The van der Waals surface area contributed by atoms with E-state index in [0.29, 0.717) is 6.61 Å². The summed E-state index contributed by atoms with van der Waals surface area (Å²) in [4.78, 5) is 17.2. The average Bonchev–Trinajstić information content (AvgIpc) is 3.34. The maximum absolute atomic E-state index is 12.6. The van der Waals surface area contributed by atoms with Gasteiger partial charge < -0.3 is 14.4 Å². The minimum absolute atomic E-state index is 0.148. The minimum Gasteiger partial charge on any atom is -0.462 e. The molecule has 3 fully saturated rings. The summed E-state index contributed by atoms with van der Waals surface area (Å²) in [6.07, 6.45) is 8.20. The molecule has 5 heteroatoms. The Hall–Kier alpha value is -2.37. The Morgan fingerprint density at radius 2 is 1.59 bits per heavy atom. The number of carbonyl (C=O) groups is 1. The Bertz CT molecular complexity index is 984. The first-order chi connectivity index (χ1) is 15.7. The summed E-state index contributed by atoms with van der Waals surface area (Å²) in [7, 11) is 0. The van der Waals surface area contributed by atoms with Crippen LogP contribution in [0.3, 0.4) is 0 Å². The molecular formula is C27H32N2O3. The number of benzene rings is 2. The second kappa shape index (κ2) is 8.20. The normalized spacial score (nSPS) is 22.9. The van der Waals surface area contributed by atoms with Gasteiger partial charge >= 0.3 is 0 Å². The van der Waals surface area contributed by atoms with Crippen molar-refractivity contribution < 1.29 is 14.3 Å². The van der Waals surface area contributed by atoms with Crippen LogP contribution in [-0.2, 0) is 11.3 Å². The van der Waals surface area contributed by atoms with E-state index in [1.807, 2.05) is 29.2 Å². The van der Waals surface area contributed by atoms with Gasteiger partial charge in [0.1, 0.15) is 5.75 Å². The van der Waals surface area contributed by atoms with E-state index < -0.39 is 5.79 Å². The lowest BCUT2D eigenvalue weighted by Crippen LogP contribution is -2.54. The molecule has 0 atom stereocenters. The van der Waals surface area contributed by atoms with Crippen LogP contribution in [0.1, 0.15) is 60.9 Å². The van der Waals surface area contributed by atoms with Gasteiger partial charge in [-0.3, -0.25) is 9.69 Å². The molecule has 0 radical (unpaired) electrons. The van der Waals surface area contributed by atoms with Crippen molar-refractivity contribution in [1.82, 2.24) is 9.80 Å². The van der Waals surface area contributed by atoms with E-state index in [-0.39, 0.29) is 5.91 Å². The molecule has 0 unspecified atom stereocenters. The summed E-state index contributed by atoms with van der Waals surface area (Å²) in [6.45, 7) is 4.50. The first-order valence-corrected chi connectivity index (χ1v) is 12.3. The Balaban J connectivity index is 1.14. The Morgan fingerprint density at radius 3 is 2.28 bits per heavy atom. The smallest absolute Gasteiger partial charge is 0.253 e. The maximum atomic E-state index is 12.6. The van der Waals surface area contributed by atoms with E-state index >= 15 is 0 Å². The minimum atomic E-state index is -0.452. The average molecular weight is 433 g/mol. The number of ether oxygens (including phenoxy) is 2. The Morgan fingerprint density at radius 1 is 0.875 bits per heavy atom. The standard InChI is InChI=1S/C27H32N2O3/c30-26(29-14-1-2-15-29)21-8-6-20(7-9-21)22-10-11-25-23(18-22)19-31-27(32-25)12-16-28(17-13-27)24-4-3-5-24/h6-11,18,24H,1-5,12-17,19H2. The highest BCUT2D eigenvalue weighted by Crippen LogP contribution is 2.40. The second-order valence-electron chi connectivity index (χ2n) is 9.82. The van der Waals surface area contributed by atoms with Crippen LogP contribution in [0.4, 0.5) is 0 Å². The highest BCUT2D eigenvalue weighted by Gasteiger charge is 2.42. The quantitative estimate of drug-likeness (QED) is 0.696. The number of fused-ring (bicyclic) bond motifs is 1. The predicted molar refractivity (Wildman–Crippen MR) is 124 cm³/mol. The molecule has 1 amide bonds. The van der Waals surface area contributed by atoms with Crippen molar-refractivity contribution in [2.75, 3.05) is 26.2 Å². The van der Waals surface area contributed by atoms with Gasteiger partial charge in [0, 0.05) is 56.2 Å². The van der Waals surface area contributed by atoms with Crippen LogP contribution < -0.4 is 4.74 Å². The monoisotopic (exact) mass is 432 g/mol. The number of rotatable bonds is 3. The van der Waals surface area contributed by atoms with E-state index in [1.165, 1.54) is 19.3 Å². The van der Waals surface area contributed by atoms with Crippen molar-refractivity contribution in [2.45, 2.75) is 63.4 Å². The van der Waals surface area contributed by atoms with Crippen LogP contribution in [0.25, 0.3) is 11.1 Å². The van der Waals surface area contributed by atoms with Crippen LogP contribution in [0.15, 0.2) is 42.5 Å². The lowest BCUT2D eigenvalue weighted by atomic mass is 9.89. The Labute approximate surface area is 190 Å². The molecule has 2 aromatic rings. The van der Waals surface area contributed by atoms with Gasteiger partial charge in [0.05, 0.1) is 6.61 Å². The summed E-state index contributed by atoms with van der Waals surface area (Å²) in [5.74, 6) is 0.652. The third-order valence-electron chi connectivity index (χ3n) is 7.86. The maximum Gasteiger partial charge on any atom is 0.253 e. The number of hydrogen-bond donors (Lipinski definition) is 0. The van der Waals surface area contributed by atoms with Gasteiger partial charge in [0.2, 0.25) is 5.79 Å². The van der Waals surface area contributed by atoms with Gasteiger partial charge in [-0.15, -0.1) is 0 Å².